The Morgan fingerprint density at radius 3 is 2.33 bits per heavy atom. The first-order chi connectivity index (χ1) is 19.9. The van der Waals surface area contributed by atoms with Crippen LogP contribution in [0.25, 0.3) is 11.3 Å². The van der Waals surface area contributed by atoms with Gasteiger partial charge in [-0.3, -0.25) is 4.79 Å². The number of benzene rings is 2. The van der Waals surface area contributed by atoms with Crippen molar-refractivity contribution in [3.05, 3.63) is 65.2 Å². The lowest BCUT2D eigenvalue weighted by molar-refractivity contribution is -0.0472. The van der Waals surface area contributed by atoms with Gasteiger partial charge in [0.1, 0.15) is 6.61 Å². The van der Waals surface area contributed by atoms with E-state index in [0.29, 0.717) is 29.5 Å². The molecular weight excluding hydrogens is 586 g/mol. The molecule has 4 atom stereocenters. The van der Waals surface area contributed by atoms with Gasteiger partial charge in [-0.25, -0.2) is 18.1 Å². The number of hydrogen-bond acceptors (Lipinski definition) is 7. The summed E-state index contributed by atoms with van der Waals surface area (Å²) in [5.74, 6) is 0.708. The Morgan fingerprint density at radius 1 is 1.00 bits per heavy atom. The summed E-state index contributed by atoms with van der Waals surface area (Å²) in [6.07, 6.45) is 1.79. The molecule has 1 saturated heterocycles. The van der Waals surface area contributed by atoms with E-state index >= 15 is 0 Å². The Balaban J connectivity index is 0.00000368. The summed E-state index contributed by atoms with van der Waals surface area (Å²) in [6.45, 7) is 12.4. The normalized spacial score (nSPS) is 24.6. The van der Waals surface area contributed by atoms with Crippen molar-refractivity contribution >= 4 is 34.3 Å². The van der Waals surface area contributed by atoms with Crippen molar-refractivity contribution in [1.82, 2.24) is 20.2 Å². The number of rotatable bonds is 3. The molecule has 3 heterocycles. The van der Waals surface area contributed by atoms with E-state index in [0.717, 1.165) is 36.2 Å². The molecule has 2 fully saturated rings. The summed E-state index contributed by atoms with van der Waals surface area (Å²) in [6, 6.07) is 13.8. The van der Waals surface area contributed by atoms with Crippen LogP contribution >= 0.6 is 12.4 Å². The van der Waals surface area contributed by atoms with Gasteiger partial charge in [0.25, 0.3) is 15.9 Å². The van der Waals surface area contributed by atoms with Crippen molar-refractivity contribution in [3.8, 4) is 17.1 Å². The first kappa shape index (κ1) is 31.2. The van der Waals surface area contributed by atoms with Gasteiger partial charge in [-0.05, 0) is 86.4 Å². The van der Waals surface area contributed by atoms with Gasteiger partial charge in [-0.15, -0.1) is 12.4 Å². The number of hydrogen-bond donors (Lipinski definition) is 2. The molecule has 11 heteroatoms. The minimum absolute atomic E-state index is 0. The number of ether oxygens (including phenoxy) is 1. The molecule has 0 radical (unpaired) electrons. The third-order valence-electron chi connectivity index (χ3n) is 8.66. The highest BCUT2D eigenvalue weighted by atomic mass is 35.5. The van der Waals surface area contributed by atoms with Gasteiger partial charge < -0.3 is 15.0 Å². The maximum atomic E-state index is 14.4. The standard InChI is InChI=1S/C32H39N5O4S.ClH/c1-19-8-6-9-20(2)28(19)26-14-27-35-31(34-26)36-42(39,40)25-11-7-10-21(13-25)30(38)37(24(18-41-27)15-32(3,4)5)29-22-12-23(29)17-33-16-22;/h6-11,13-14,22-24,29,33H,12,15-18H2,1-5H3,(H,34,35,36);1H/t22-,23+,24-,29?;/m1./s1. The van der Waals surface area contributed by atoms with Crippen LogP contribution in [0.5, 0.6) is 5.88 Å². The molecule has 1 aromatic heterocycles. The molecule has 0 spiro atoms. The number of fused-ring (bicyclic) bond motifs is 6. The summed E-state index contributed by atoms with van der Waals surface area (Å²) in [4.78, 5) is 25.5. The van der Waals surface area contributed by atoms with E-state index in [4.69, 9.17) is 4.74 Å². The number of amides is 1. The van der Waals surface area contributed by atoms with Crippen LogP contribution in [0.15, 0.2) is 53.4 Å². The largest absolute Gasteiger partial charge is 0.475 e. The number of aromatic nitrogens is 2. The lowest BCUT2D eigenvalue weighted by Gasteiger charge is -2.56. The fourth-order valence-corrected chi connectivity index (χ4v) is 7.85. The van der Waals surface area contributed by atoms with Gasteiger partial charge in [0.05, 0.1) is 16.6 Å². The number of carbonyl (C=O) groups excluding carboxylic acids is 1. The number of halogens is 1. The Labute approximate surface area is 260 Å². The number of anilines is 1. The molecule has 1 unspecified atom stereocenters. The monoisotopic (exact) mass is 625 g/mol. The Hall–Kier alpha value is -3.21. The number of piperidine rings is 2. The zero-order valence-electron chi connectivity index (χ0n) is 25.3. The molecule has 3 aromatic rings. The van der Waals surface area contributed by atoms with E-state index in [1.54, 1.807) is 18.2 Å². The maximum Gasteiger partial charge on any atom is 0.264 e. The summed E-state index contributed by atoms with van der Waals surface area (Å²) in [5.41, 5.74) is 3.73. The van der Waals surface area contributed by atoms with Crippen LogP contribution in [0.1, 0.15) is 55.1 Å². The van der Waals surface area contributed by atoms with Crippen molar-refractivity contribution in [1.29, 1.82) is 0 Å². The van der Waals surface area contributed by atoms with Gasteiger partial charge in [0.15, 0.2) is 0 Å². The maximum absolute atomic E-state index is 14.4. The van der Waals surface area contributed by atoms with Gasteiger partial charge in [-0.2, -0.15) is 4.98 Å². The highest BCUT2D eigenvalue weighted by molar-refractivity contribution is 7.92. The second kappa shape index (κ2) is 11.7. The molecule has 9 nitrogen and oxygen atoms in total. The average Bonchev–Trinajstić information content (AvgIpc) is 2.93. The number of nitrogens with one attached hydrogen (secondary N) is 2. The SMILES string of the molecule is Cc1cccc(C)c1-c1cc2nc(n1)NS(=O)(=O)c1cccc(c1)C(=O)N(C1[C@@H]3CNC[C@H]1C3)[C@H](CC(C)(C)C)CO2.Cl. The third-order valence-corrected chi connectivity index (χ3v) is 9.99. The molecule has 1 aliphatic carbocycles. The van der Waals surface area contributed by atoms with Crippen molar-refractivity contribution in [2.75, 3.05) is 24.4 Å². The number of carbonyl (C=O) groups is 1. The number of sulfonamides is 1. The van der Waals surface area contributed by atoms with Gasteiger partial charge in [0.2, 0.25) is 11.8 Å². The molecule has 1 amide bonds. The topological polar surface area (TPSA) is 114 Å². The molecule has 1 saturated carbocycles. The van der Waals surface area contributed by atoms with Crippen LogP contribution < -0.4 is 14.8 Å². The first-order valence-electron chi connectivity index (χ1n) is 14.6. The fraction of sp³-hybridized carbons (Fsp3) is 0.469. The van der Waals surface area contributed by atoms with Crippen LogP contribution in [-0.4, -0.2) is 61.0 Å². The number of aryl methyl sites for hydroxylation is 2. The molecule has 230 valence electrons. The predicted molar refractivity (Wildman–Crippen MR) is 169 cm³/mol. The molecule has 6 rings (SSSR count). The van der Waals surface area contributed by atoms with E-state index in [2.05, 4.69) is 40.8 Å². The molecule has 6 bridgehead atoms. The minimum atomic E-state index is -4.10. The highest BCUT2D eigenvalue weighted by Gasteiger charge is 2.50. The Morgan fingerprint density at radius 2 is 1.67 bits per heavy atom. The van der Waals surface area contributed by atoms with E-state index in [9.17, 15) is 13.2 Å². The van der Waals surface area contributed by atoms with E-state index in [-0.39, 0.29) is 59.1 Å². The zero-order chi connectivity index (χ0) is 29.8. The van der Waals surface area contributed by atoms with Crippen LogP contribution in [-0.2, 0) is 10.0 Å². The predicted octanol–water partition coefficient (Wildman–Crippen LogP) is 5.23. The van der Waals surface area contributed by atoms with Crippen LogP contribution in [0.4, 0.5) is 5.95 Å². The minimum Gasteiger partial charge on any atom is -0.475 e. The van der Waals surface area contributed by atoms with E-state index in [1.807, 2.05) is 36.9 Å². The summed E-state index contributed by atoms with van der Waals surface area (Å²) < 4.78 is 36.1. The quantitative estimate of drug-likeness (QED) is 0.410. The summed E-state index contributed by atoms with van der Waals surface area (Å²) in [7, 11) is -4.10. The molecular formula is C32H40ClN5O4S. The van der Waals surface area contributed by atoms with E-state index in [1.165, 1.54) is 12.1 Å². The molecule has 43 heavy (non-hydrogen) atoms. The van der Waals surface area contributed by atoms with Crippen LogP contribution in [0.2, 0.25) is 0 Å². The molecule has 2 aliphatic heterocycles. The van der Waals surface area contributed by atoms with Crippen molar-refractivity contribution < 1.29 is 17.9 Å². The Bertz CT molecular complexity index is 1610. The van der Waals surface area contributed by atoms with Gasteiger partial charge in [0, 0.05) is 23.2 Å². The molecule has 2 aromatic carbocycles. The second-order valence-corrected chi connectivity index (χ2v) is 14.8. The van der Waals surface area contributed by atoms with Crippen molar-refractivity contribution in [3.63, 3.8) is 0 Å². The van der Waals surface area contributed by atoms with Gasteiger partial charge >= 0.3 is 0 Å². The van der Waals surface area contributed by atoms with Crippen LogP contribution in [0.3, 0.4) is 0 Å². The summed E-state index contributed by atoms with van der Waals surface area (Å²) in [5, 5.41) is 3.49. The van der Waals surface area contributed by atoms with Crippen molar-refractivity contribution in [2.24, 2.45) is 17.3 Å². The molecule has 3 aliphatic rings. The van der Waals surface area contributed by atoms with Gasteiger partial charge in [-0.1, -0.05) is 45.0 Å². The third kappa shape index (κ3) is 6.23. The smallest absolute Gasteiger partial charge is 0.264 e. The average molecular weight is 626 g/mol. The highest BCUT2D eigenvalue weighted by Crippen LogP contribution is 2.43. The number of nitrogens with zero attached hydrogens (tertiary/aromatic N) is 3. The lowest BCUT2D eigenvalue weighted by atomic mass is 9.65. The Kier molecular flexibility index (Phi) is 8.50. The summed E-state index contributed by atoms with van der Waals surface area (Å²) >= 11 is 0. The van der Waals surface area contributed by atoms with E-state index < -0.39 is 10.0 Å². The van der Waals surface area contributed by atoms with Crippen molar-refractivity contribution in [2.45, 2.75) is 64.4 Å². The fourth-order valence-electron chi connectivity index (χ4n) is 6.86. The van der Waals surface area contributed by atoms with Crippen LogP contribution in [0, 0.1) is 31.1 Å². The molecule has 2 N–H and O–H groups in total. The zero-order valence-corrected chi connectivity index (χ0v) is 26.9. The lowest BCUT2D eigenvalue weighted by Crippen LogP contribution is -2.67. The first-order valence-corrected chi connectivity index (χ1v) is 16.1. The second-order valence-electron chi connectivity index (χ2n) is 13.2.